The van der Waals surface area contributed by atoms with Crippen LogP contribution in [0.25, 0.3) is 0 Å². The Morgan fingerprint density at radius 1 is 0.760 bits per heavy atom. The van der Waals surface area contributed by atoms with Crippen LogP contribution in [0.2, 0.25) is 0 Å². The zero-order valence-electron chi connectivity index (χ0n) is 17.2. The van der Waals surface area contributed by atoms with Gasteiger partial charge in [0.05, 0.1) is 0 Å². The average molecular weight is 358 g/mol. The van der Waals surface area contributed by atoms with E-state index in [4.69, 9.17) is 0 Å². The Labute approximate surface area is 153 Å². The summed E-state index contributed by atoms with van der Waals surface area (Å²) in [5, 5.41) is 16.4. The number of hydrogen-bond acceptors (Lipinski definition) is 7. The van der Waals surface area contributed by atoms with Gasteiger partial charge in [-0.25, -0.2) is 0 Å². The maximum Gasteiger partial charge on any atom is 0.107 e. The predicted molar refractivity (Wildman–Crippen MR) is 106 cm³/mol. The summed E-state index contributed by atoms with van der Waals surface area (Å²) in [4.78, 5) is 21.5. The zero-order chi connectivity index (χ0) is 19.5. The fourth-order valence-electron chi connectivity index (χ4n) is 2.54. The minimum absolute atomic E-state index is 0.261. The van der Waals surface area contributed by atoms with E-state index in [9.17, 15) is 9.81 Å². The molecule has 0 spiro atoms. The molecule has 0 aliphatic rings. The van der Waals surface area contributed by atoms with Crippen molar-refractivity contribution in [2.24, 2.45) is 16.3 Å². The van der Waals surface area contributed by atoms with Crippen molar-refractivity contribution in [1.29, 1.82) is 0 Å². The summed E-state index contributed by atoms with van der Waals surface area (Å²) in [7, 11) is 1.97. The lowest BCUT2D eigenvalue weighted by Gasteiger charge is -2.31. The van der Waals surface area contributed by atoms with Crippen LogP contribution in [0.1, 0.15) is 60.8 Å². The van der Waals surface area contributed by atoms with Gasteiger partial charge in [0.1, 0.15) is 12.1 Å². The standard InChI is InChI=1S/C18H39N5O2/c1-14(22-24)17(3,4)20-12-9-16(8-11-19-7)10-13-21-18(5,6)15(2)23-25/h14-16,19-21H,8-13H2,1-7H3. The van der Waals surface area contributed by atoms with Crippen molar-refractivity contribution in [3.8, 4) is 0 Å². The van der Waals surface area contributed by atoms with Gasteiger partial charge in [0.25, 0.3) is 0 Å². The number of nitroso groups, excluding NO2 is 2. The second kappa shape index (κ2) is 11.6. The Morgan fingerprint density at radius 2 is 1.12 bits per heavy atom. The molecule has 0 bridgehead atoms. The van der Waals surface area contributed by atoms with Gasteiger partial charge in [-0.15, -0.1) is 0 Å². The Kier molecular flexibility index (Phi) is 11.2. The Hall–Kier alpha value is -0.920. The minimum Gasteiger partial charge on any atom is -0.320 e. The predicted octanol–water partition coefficient (Wildman–Crippen LogP) is 3.04. The fourth-order valence-corrected chi connectivity index (χ4v) is 2.54. The number of rotatable bonds is 15. The molecular formula is C18H39N5O2. The molecule has 0 aromatic heterocycles. The minimum atomic E-state index is -0.291. The molecule has 25 heavy (non-hydrogen) atoms. The first-order valence-electron chi connectivity index (χ1n) is 9.40. The maximum absolute atomic E-state index is 10.8. The van der Waals surface area contributed by atoms with Crippen LogP contribution in [0.4, 0.5) is 0 Å². The van der Waals surface area contributed by atoms with Crippen LogP contribution in [-0.2, 0) is 0 Å². The van der Waals surface area contributed by atoms with E-state index in [-0.39, 0.29) is 23.2 Å². The lowest BCUT2D eigenvalue weighted by molar-refractivity contribution is 0.290. The summed E-state index contributed by atoms with van der Waals surface area (Å²) in [6, 6.07) is -0.522. The molecule has 0 saturated heterocycles. The van der Waals surface area contributed by atoms with Crippen molar-refractivity contribution in [1.82, 2.24) is 16.0 Å². The highest BCUT2D eigenvalue weighted by molar-refractivity contribution is 4.89. The highest BCUT2D eigenvalue weighted by Gasteiger charge is 2.27. The first kappa shape index (κ1) is 24.1. The summed E-state index contributed by atoms with van der Waals surface area (Å²) in [6.07, 6.45) is 3.18. The van der Waals surface area contributed by atoms with Gasteiger partial charge < -0.3 is 16.0 Å². The molecule has 0 aliphatic heterocycles. The number of hydrogen-bond donors (Lipinski definition) is 3. The molecule has 0 aromatic rings. The van der Waals surface area contributed by atoms with Gasteiger partial charge >= 0.3 is 0 Å². The lowest BCUT2D eigenvalue weighted by atomic mass is 9.92. The van der Waals surface area contributed by atoms with Crippen LogP contribution in [0.15, 0.2) is 10.4 Å². The van der Waals surface area contributed by atoms with Crippen molar-refractivity contribution in [2.75, 3.05) is 26.7 Å². The average Bonchev–Trinajstić information content (AvgIpc) is 2.57. The summed E-state index contributed by atoms with van der Waals surface area (Å²) >= 11 is 0. The van der Waals surface area contributed by atoms with E-state index in [2.05, 4.69) is 26.3 Å². The molecule has 0 rings (SSSR count). The molecule has 0 aromatic carbocycles. The number of nitrogens with zero attached hydrogens (tertiary/aromatic N) is 2. The molecule has 0 aliphatic carbocycles. The van der Waals surface area contributed by atoms with Gasteiger partial charge in [-0.2, -0.15) is 9.81 Å². The van der Waals surface area contributed by atoms with Crippen LogP contribution in [0.5, 0.6) is 0 Å². The van der Waals surface area contributed by atoms with Crippen molar-refractivity contribution in [2.45, 2.75) is 84.0 Å². The van der Waals surface area contributed by atoms with Gasteiger partial charge in [0.15, 0.2) is 0 Å². The maximum atomic E-state index is 10.8. The van der Waals surface area contributed by atoms with E-state index in [0.29, 0.717) is 5.92 Å². The third-order valence-electron chi connectivity index (χ3n) is 5.47. The van der Waals surface area contributed by atoms with E-state index in [0.717, 1.165) is 38.9 Å². The van der Waals surface area contributed by atoms with E-state index >= 15 is 0 Å². The Balaban J connectivity index is 4.41. The highest BCUT2D eigenvalue weighted by atomic mass is 16.3. The Morgan fingerprint density at radius 3 is 1.44 bits per heavy atom. The highest BCUT2D eigenvalue weighted by Crippen LogP contribution is 2.17. The van der Waals surface area contributed by atoms with Crippen LogP contribution in [-0.4, -0.2) is 49.8 Å². The zero-order valence-corrected chi connectivity index (χ0v) is 17.2. The van der Waals surface area contributed by atoms with Crippen LogP contribution in [0.3, 0.4) is 0 Å². The van der Waals surface area contributed by atoms with Crippen molar-refractivity contribution in [3.05, 3.63) is 9.81 Å². The van der Waals surface area contributed by atoms with Crippen molar-refractivity contribution >= 4 is 0 Å². The molecule has 7 heteroatoms. The van der Waals surface area contributed by atoms with Gasteiger partial charge in [-0.1, -0.05) is 10.4 Å². The smallest absolute Gasteiger partial charge is 0.107 e. The molecule has 2 atom stereocenters. The summed E-state index contributed by atoms with van der Waals surface area (Å²) in [5.74, 6) is 0.568. The molecule has 3 N–H and O–H groups in total. The molecule has 148 valence electrons. The second-order valence-electron chi connectivity index (χ2n) is 8.20. The monoisotopic (exact) mass is 357 g/mol. The first-order chi connectivity index (χ1) is 11.6. The quantitative estimate of drug-likeness (QED) is 0.392. The van der Waals surface area contributed by atoms with Gasteiger partial charge in [-0.05, 0) is 93.4 Å². The molecule has 0 saturated carbocycles. The molecular weight excluding hydrogens is 318 g/mol. The van der Waals surface area contributed by atoms with Crippen LogP contribution in [0, 0.1) is 15.7 Å². The molecule has 0 heterocycles. The summed E-state index contributed by atoms with van der Waals surface area (Å²) in [6.45, 7) is 14.4. The second-order valence-corrected chi connectivity index (χ2v) is 8.20. The normalized spacial score (nSPS) is 16.3. The van der Waals surface area contributed by atoms with Gasteiger partial charge in [0, 0.05) is 11.1 Å². The fraction of sp³-hybridized carbons (Fsp3) is 1.00. The molecule has 0 fully saturated rings. The Bertz CT molecular complexity index is 356. The van der Waals surface area contributed by atoms with E-state index in [1.807, 2.05) is 48.6 Å². The molecule has 0 amide bonds. The van der Waals surface area contributed by atoms with Crippen LogP contribution < -0.4 is 16.0 Å². The largest absolute Gasteiger partial charge is 0.320 e. The lowest BCUT2D eigenvalue weighted by Crippen LogP contribution is -2.48. The third-order valence-corrected chi connectivity index (χ3v) is 5.47. The first-order valence-corrected chi connectivity index (χ1v) is 9.40. The topological polar surface area (TPSA) is 94.9 Å². The molecule has 2 unspecified atom stereocenters. The summed E-state index contributed by atoms with van der Waals surface area (Å²) < 4.78 is 0. The van der Waals surface area contributed by atoms with E-state index in [1.54, 1.807) is 0 Å². The summed E-state index contributed by atoms with van der Waals surface area (Å²) in [5.41, 5.74) is -0.582. The number of nitrogens with one attached hydrogen (secondary N) is 3. The van der Waals surface area contributed by atoms with Gasteiger partial charge in [0.2, 0.25) is 0 Å². The SMILES string of the molecule is CNCCC(CCNC(C)(C)C(C)N=O)CCNC(C)(C)C(C)N=O. The molecule has 7 nitrogen and oxygen atoms in total. The molecule has 0 radical (unpaired) electrons. The van der Waals surface area contributed by atoms with Crippen molar-refractivity contribution < 1.29 is 0 Å². The third kappa shape index (κ3) is 9.37. The van der Waals surface area contributed by atoms with E-state index in [1.165, 1.54) is 0 Å². The van der Waals surface area contributed by atoms with E-state index < -0.39 is 0 Å². The van der Waals surface area contributed by atoms with Crippen molar-refractivity contribution in [3.63, 3.8) is 0 Å². The van der Waals surface area contributed by atoms with Gasteiger partial charge in [-0.3, -0.25) is 0 Å². The van der Waals surface area contributed by atoms with Crippen LogP contribution >= 0.6 is 0 Å².